The minimum Gasteiger partial charge on any atom is -0.344 e. The number of carbonyl (C=O) groups is 1. The second-order valence-electron chi connectivity index (χ2n) is 3.97. The van der Waals surface area contributed by atoms with Gasteiger partial charge in [-0.25, -0.2) is 9.97 Å². The van der Waals surface area contributed by atoms with Gasteiger partial charge in [-0.15, -0.1) is 11.3 Å². The second kappa shape index (κ2) is 5.73. The summed E-state index contributed by atoms with van der Waals surface area (Å²) in [7, 11) is 0. The molecule has 2 aromatic rings. The Kier molecular flexibility index (Phi) is 4.04. The van der Waals surface area contributed by atoms with E-state index in [0.717, 1.165) is 6.42 Å². The molecule has 1 atom stereocenters. The molecule has 4 nitrogen and oxygen atoms in total. The summed E-state index contributed by atoms with van der Waals surface area (Å²) in [6.07, 6.45) is 3.86. The Morgan fingerprint density at radius 2 is 2.39 bits per heavy atom. The van der Waals surface area contributed by atoms with E-state index < -0.39 is 0 Å². The van der Waals surface area contributed by atoms with Crippen molar-refractivity contribution in [3.63, 3.8) is 0 Å². The van der Waals surface area contributed by atoms with Gasteiger partial charge in [0.2, 0.25) is 0 Å². The summed E-state index contributed by atoms with van der Waals surface area (Å²) in [5.74, 6) is -0.117. The lowest BCUT2D eigenvalue weighted by Crippen LogP contribution is -2.28. The number of carbonyl (C=O) groups excluding carboxylic acids is 1. The number of hydrogen-bond donors (Lipinski definition) is 1. The summed E-state index contributed by atoms with van der Waals surface area (Å²) >= 11 is 1.65. The molecule has 0 bridgehead atoms. The molecule has 0 aromatic carbocycles. The van der Waals surface area contributed by atoms with E-state index >= 15 is 0 Å². The molecule has 0 saturated heterocycles. The first-order chi connectivity index (χ1) is 8.72. The van der Waals surface area contributed by atoms with E-state index in [4.69, 9.17) is 0 Å². The van der Waals surface area contributed by atoms with E-state index in [2.05, 4.69) is 22.2 Å². The van der Waals surface area contributed by atoms with E-state index in [1.54, 1.807) is 17.5 Å². The summed E-state index contributed by atoms with van der Waals surface area (Å²) in [5.41, 5.74) is 1.23. The number of thiophene rings is 1. The molecule has 0 aliphatic carbocycles. The monoisotopic (exact) mass is 261 g/mol. The van der Waals surface area contributed by atoms with Crippen molar-refractivity contribution in [1.82, 2.24) is 15.3 Å². The third kappa shape index (κ3) is 2.73. The van der Waals surface area contributed by atoms with E-state index in [9.17, 15) is 4.79 Å². The Labute approximate surface area is 110 Å². The quantitative estimate of drug-likeness (QED) is 0.920. The molecule has 0 fully saturated rings. The Morgan fingerprint density at radius 3 is 3.00 bits per heavy atom. The van der Waals surface area contributed by atoms with Crippen LogP contribution in [0.25, 0.3) is 0 Å². The van der Waals surface area contributed by atoms with Crippen LogP contribution < -0.4 is 5.32 Å². The second-order valence-corrected chi connectivity index (χ2v) is 4.95. The minimum atomic E-state index is -0.117. The summed E-state index contributed by atoms with van der Waals surface area (Å²) < 4.78 is 0. The van der Waals surface area contributed by atoms with Crippen LogP contribution in [-0.4, -0.2) is 15.9 Å². The zero-order valence-corrected chi connectivity index (χ0v) is 11.2. The van der Waals surface area contributed by atoms with Gasteiger partial charge in [-0.3, -0.25) is 4.79 Å². The highest BCUT2D eigenvalue weighted by atomic mass is 32.1. The molecule has 2 heterocycles. The lowest BCUT2D eigenvalue weighted by Gasteiger charge is -2.15. The van der Waals surface area contributed by atoms with E-state index in [-0.39, 0.29) is 11.9 Å². The van der Waals surface area contributed by atoms with Gasteiger partial charge in [0.1, 0.15) is 6.33 Å². The Hall–Kier alpha value is -1.75. The zero-order valence-electron chi connectivity index (χ0n) is 10.4. The Morgan fingerprint density at radius 1 is 1.56 bits per heavy atom. The van der Waals surface area contributed by atoms with Crippen molar-refractivity contribution in [2.24, 2.45) is 0 Å². The minimum absolute atomic E-state index is 0.0529. The third-order valence-electron chi connectivity index (χ3n) is 2.76. The molecule has 2 aromatic heterocycles. The molecule has 5 heteroatoms. The highest BCUT2D eigenvalue weighted by Gasteiger charge is 2.16. The maximum atomic E-state index is 12.1. The highest BCUT2D eigenvalue weighted by molar-refractivity contribution is 7.10. The SMILES string of the molecule is CCC(NC(=O)c1cncnc1C)c1cccs1. The molecule has 0 aliphatic rings. The van der Waals surface area contributed by atoms with Gasteiger partial charge in [0.25, 0.3) is 5.91 Å². The number of nitrogens with zero attached hydrogens (tertiary/aromatic N) is 2. The lowest BCUT2D eigenvalue weighted by molar-refractivity contribution is 0.0935. The fourth-order valence-corrected chi connectivity index (χ4v) is 2.57. The van der Waals surface area contributed by atoms with E-state index in [1.165, 1.54) is 11.2 Å². The van der Waals surface area contributed by atoms with Crippen LogP contribution in [-0.2, 0) is 0 Å². The van der Waals surface area contributed by atoms with E-state index in [0.29, 0.717) is 11.3 Å². The number of rotatable bonds is 4. The van der Waals surface area contributed by atoms with Gasteiger partial charge in [0.05, 0.1) is 17.3 Å². The van der Waals surface area contributed by atoms with Gasteiger partial charge in [0, 0.05) is 11.1 Å². The van der Waals surface area contributed by atoms with Gasteiger partial charge in [-0.1, -0.05) is 13.0 Å². The standard InChI is InChI=1S/C13H15N3OS/c1-3-11(12-5-4-6-18-12)16-13(17)10-7-14-8-15-9(10)2/h4-8,11H,3H2,1-2H3,(H,16,17). The van der Waals surface area contributed by atoms with Crippen LogP contribution in [0.3, 0.4) is 0 Å². The maximum absolute atomic E-state index is 12.1. The van der Waals surface area contributed by atoms with Gasteiger partial charge in [-0.2, -0.15) is 0 Å². The smallest absolute Gasteiger partial charge is 0.255 e. The molecular formula is C13H15N3OS. The summed E-state index contributed by atoms with van der Waals surface area (Å²) in [6, 6.07) is 4.08. The maximum Gasteiger partial charge on any atom is 0.255 e. The summed E-state index contributed by atoms with van der Waals surface area (Å²) in [6.45, 7) is 3.86. The molecular weight excluding hydrogens is 246 g/mol. The van der Waals surface area contributed by atoms with Crippen molar-refractivity contribution in [2.75, 3.05) is 0 Å². The molecule has 0 spiro atoms. The van der Waals surface area contributed by atoms with Crippen molar-refractivity contribution < 1.29 is 4.79 Å². The third-order valence-corrected chi connectivity index (χ3v) is 3.74. The normalized spacial score (nSPS) is 12.1. The molecule has 2 rings (SSSR count). The van der Waals surface area contributed by atoms with Gasteiger partial charge < -0.3 is 5.32 Å². The molecule has 94 valence electrons. The van der Waals surface area contributed by atoms with Crippen LogP contribution >= 0.6 is 11.3 Å². The molecule has 1 amide bonds. The Bertz CT molecular complexity index is 525. The van der Waals surface area contributed by atoms with Crippen LogP contribution in [0.15, 0.2) is 30.0 Å². The summed E-state index contributed by atoms with van der Waals surface area (Å²) in [4.78, 5) is 21.2. The number of aromatic nitrogens is 2. The van der Waals surface area contributed by atoms with Crippen LogP contribution in [0, 0.1) is 6.92 Å². The van der Waals surface area contributed by atoms with Crippen molar-refractivity contribution in [2.45, 2.75) is 26.3 Å². The van der Waals surface area contributed by atoms with Gasteiger partial charge >= 0.3 is 0 Å². The van der Waals surface area contributed by atoms with Crippen LogP contribution in [0.1, 0.15) is 40.3 Å². The topological polar surface area (TPSA) is 54.9 Å². The average Bonchev–Trinajstić information content (AvgIpc) is 2.90. The van der Waals surface area contributed by atoms with Crippen LogP contribution in [0.2, 0.25) is 0 Å². The first kappa shape index (κ1) is 12.7. The highest BCUT2D eigenvalue weighted by Crippen LogP contribution is 2.22. The van der Waals surface area contributed by atoms with Gasteiger partial charge in [0.15, 0.2) is 0 Å². The largest absolute Gasteiger partial charge is 0.344 e. The number of nitrogens with one attached hydrogen (secondary N) is 1. The molecule has 1 unspecified atom stereocenters. The van der Waals surface area contributed by atoms with Crippen molar-refractivity contribution in [3.8, 4) is 0 Å². The predicted molar refractivity (Wildman–Crippen MR) is 71.6 cm³/mol. The molecule has 1 N–H and O–H groups in total. The van der Waals surface area contributed by atoms with E-state index in [1.807, 2.05) is 24.4 Å². The lowest BCUT2D eigenvalue weighted by atomic mass is 10.1. The molecule has 0 aliphatic heterocycles. The first-order valence-electron chi connectivity index (χ1n) is 5.83. The van der Waals surface area contributed by atoms with Crippen LogP contribution in [0.5, 0.6) is 0 Å². The number of aryl methyl sites for hydroxylation is 1. The van der Waals surface area contributed by atoms with Crippen molar-refractivity contribution in [1.29, 1.82) is 0 Å². The fourth-order valence-electron chi connectivity index (χ4n) is 1.71. The molecule has 0 radical (unpaired) electrons. The molecule has 0 saturated carbocycles. The van der Waals surface area contributed by atoms with Crippen molar-refractivity contribution >= 4 is 17.2 Å². The zero-order chi connectivity index (χ0) is 13.0. The fraction of sp³-hybridized carbons (Fsp3) is 0.308. The average molecular weight is 261 g/mol. The molecule has 18 heavy (non-hydrogen) atoms. The number of hydrogen-bond acceptors (Lipinski definition) is 4. The van der Waals surface area contributed by atoms with Gasteiger partial charge in [-0.05, 0) is 24.8 Å². The Balaban J connectivity index is 2.14. The summed E-state index contributed by atoms with van der Waals surface area (Å²) in [5, 5.41) is 5.03. The van der Waals surface area contributed by atoms with Crippen molar-refractivity contribution in [3.05, 3.63) is 46.2 Å². The predicted octanol–water partition coefficient (Wildman–Crippen LogP) is 2.73. The van der Waals surface area contributed by atoms with Crippen LogP contribution in [0.4, 0.5) is 0 Å². The first-order valence-corrected chi connectivity index (χ1v) is 6.71. The number of amides is 1.